The molecule has 88 valence electrons. The zero-order valence-electron chi connectivity index (χ0n) is 9.82. The Morgan fingerprint density at radius 2 is 2.31 bits per heavy atom. The SMILES string of the molecule is CCN(Cc1ccc(NN)nc1)CC1CC1. The number of pyridine rings is 1. The largest absolute Gasteiger partial charge is 0.308 e. The van der Waals surface area contributed by atoms with Crippen LogP contribution in [0.5, 0.6) is 0 Å². The van der Waals surface area contributed by atoms with E-state index >= 15 is 0 Å². The van der Waals surface area contributed by atoms with Gasteiger partial charge in [-0.1, -0.05) is 13.0 Å². The summed E-state index contributed by atoms with van der Waals surface area (Å²) < 4.78 is 0. The lowest BCUT2D eigenvalue weighted by Crippen LogP contribution is -2.25. The van der Waals surface area contributed by atoms with Crippen molar-refractivity contribution < 1.29 is 0 Å². The highest BCUT2D eigenvalue weighted by molar-refractivity contribution is 5.33. The van der Waals surface area contributed by atoms with Crippen LogP contribution in [0, 0.1) is 5.92 Å². The molecule has 1 aliphatic rings. The standard InChI is InChI=1S/C12H20N4/c1-2-16(8-10-3-4-10)9-11-5-6-12(15-13)14-7-11/h5-7,10H,2-4,8-9,13H2,1H3,(H,14,15). The molecule has 1 heterocycles. The third kappa shape index (κ3) is 3.18. The van der Waals surface area contributed by atoms with Crippen LogP contribution in [-0.4, -0.2) is 23.0 Å². The van der Waals surface area contributed by atoms with E-state index in [4.69, 9.17) is 5.84 Å². The van der Waals surface area contributed by atoms with Crippen LogP contribution in [0.4, 0.5) is 5.82 Å². The highest BCUT2D eigenvalue weighted by Crippen LogP contribution is 2.30. The minimum atomic E-state index is 0.717. The van der Waals surface area contributed by atoms with E-state index in [1.807, 2.05) is 12.3 Å². The van der Waals surface area contributed by atoms with Gasteiger partial charge in [0.15, 0.2) is 0 Å². The maximum absolute atomic E-state index is 5.28. The van der Waals surface area contributed by atoms with Crippen LogP contribution >= 0.6 is 0 Å². The number of nitrogens with two attached hydrogens (primary N) is 1. The molecule has 1 aromatic heterocycles. The average Bonchev–Trinajstić information content (AvgIpc) is 3.13. The second kappa shape index (κ2) is 5.27. The topological polar surface area (TPSA) is 54.2 Å². The van der Waals surface area contributed by atoms with Crippen molar-refractivity contribution in [2.24, 2.45) is 11.8 Å². The normalized spacial score (nSPS) is 15.4. The minimum Gasteiger partial charge on any atom is -0.308 e. The first-order valence-electron chi connectivity index (χ1n) is 5.95. The summed E-state index contributed by atoms with van der Waals surface area (Å²) in [6.07, 6.45) is 4.71. The van der Waals surface area contributed by atoms with Crippen LogP contribution in [0.3, 0.4) is 0 Å². The van der Waals surface area contributed by atoms with E-state index in [0.29, 0.717) is 5.82 Å². The van der Waals surface area contributed by atoms with Crippen LogP contribution in [0.25, 0.3) is 0 Å². The molecule has 0 saturated heterocycles. The van der Waals surface area contributed by atoms with E-state index in [1.54, 1.807) is 0 Å². The van der Waals surface area contributed by atoms with Crippen molar-refractivity contribution >= 4 is 5.82 Å². The molecule has 0 spiro atoms. The number of nitrogens with one attached hydrogen (secondary N) is 1. The van der Waals surface area contributed by atoms with Gasteiger partial charge in [-0.15, -0.1) is 0 Å². The Morgan fingerprint density at radius 1 is 1.50 bits per heavy atom. The predicted molar refractivity (Wildman–Crippen MR) is 65.7 cm³/mol. The molecule has 2 rings (SSSR count). The molecule has 16 heavy (non-hydrogen) atoms. The van der Waals surface area contributed by atoms with Crippen LogP contribution in [0.15, 0.2) is 18.3 Å². The molecule has 4 heteroatoms. The van der Waals surface area contributed by atoms with Crippen molar-refractivity contribution in [3.8, 4) is 0 Å². The van der Waals surface area contributed by atoms with Crippen molar-refractivity contribution in [3.63, 3.8) is 0 Å². The summed E-state index contributed by atoms with van der Waals surface area (Å²) in [5.41, 5.74) is 3.79. The Hall–Kier alpha value is -1.13. The number of anilines is 1. The Labute approximate surface area is 96.8 Å². The van der Waals surface area contributed by atoms with Crippen molar-refractivity contribution in [2.75, 3.05) is 18.5 Å². The first kappa shape index (κ1) is 11.4. The Balaban J connectivity index is 1.89. The first-order valence-corrected chi connectivity index (χ1v) is 5.95. The van der Waals surface area contributed by atoms with Crippen molar-refractivity contribution in [1.82, 2.24) is 9.88 Å². The van der Waals surface area contributed by atoms with E-state index in [0.717, 1.165) is 19.0 Å². The molecule has 0 amide bonds. The fourth-order valence-corrected chi connectivity index (χ4v) is 1.83. The maximum Gasteiger partial charge on any atom is 0.139 e. The van der Waals surface area contributed by atoms with Gasteiger partial charge in [0, 0.05) is 19.3 Å². The quantitative estimate of drug-likeness (QED) is 0.565. The van der Waals surface area contributed by atoms with E-state index < -0.39 is 0 Å². The number of aromatic nitrogens is 1. The molecule has 1 fully saturated rings. The van der Waals surface area contributed by atoms with Gasteiger partial charge < -0.3 is 5.43 Å². The van der Waals surface area contributed by atoms with Crippen LogP contribution in [-0.2, 0) is 6.54 Å². The van der Waals surface area contributed by atoms with Gasteiger partial charge in [-0.25, -0.2) is 10.8 Å². The Bertz CT molecular complexity index is 318. The second-order valence-electron chi connectivity index (χ2n) is 4.47. The smallest absolute Gasteiger partial charge is 0.139 e. The lowest BCUT2D eigenvalue weighted by atomic mass is 10.2. The zero-order valence-corrected chi connectivity index (χ0v) is 9.82. The van der Waals surface area contributed by atoms with Gasteiger partial charge in [0.05, 0.1) is 0 Å². The molecule has 4 nitrogen and oxygen atoms in total. The van der Waals surface area contributed by atoms with E-state index in [9.17, 15) is 0 Å². The van der Waals surface area contributed by atoms with Gasteiger partial charge in [0.25, 0.3) is 0 Å². The number of hydrogen-bond donors (Lipinski definition) is 2. The number of nitrogen functional groups attached to an aromatic ring is 1. The molecule has 0 aliphatic heterocycles. The molecular weight excluding hydrogens is 200 g/mol. The number of nitrogens with zero attached hydrogens (tertiary/aromatic N) is 2. The second-order valence-corrected chi connectivity index (χ2v) is 4.47. The average molecular weight is 220 g/mol. The molecule has 0 aromatic carbocycles. The van der Waals surface area contributed by atoms with Crippen LogP contribution in [0.2, 0.25) is 0 Å². The summed E-state index contributed by atoms with van der Waals surface area (Å²) >= 11 is 0. The van der Waals surface area contributed by atoms with Gasteiger partial charge in [-0.2, -0.15) is 0 Å². The van der Waals surface area contributed by atoms with Crippen molar-refractivity contribution in [1.29, 1.82) is 0 Å². The summed E-state index contributed by atoms with van der Waals surface area (Å²) in [5.74, 6) is 6.94. The molecule has 1 saturated carbocycles. The number of hydrazine groups is 1. The van der Waals surface area contributed by atoms with Crippen molar-refractivity contribution in [2.45, 2.75) is 26.3 Å². The minimum absolute atomic E-state index is 0.717. The third-order valence-electron chi connectivity index (χ3n) is 3.04. The molecule has 0 bridgehead atoms. The van der Waals surface area contributed by atoms with E-state index in [-0.39, 0.29) is 0 Å². The highest BCUT2D eigenvalue weighted by Gasteiger charge is 2.23. The predicted octanol–water partition coefficient (Wildman–Crippen LogP) is 1.60. The molecule has 1 aliphatic carbocycles. The lowest BCUT2D eigenvalue weighted by molar-refractivity contribution is 0.268. The van der Waals surface area contributed by atoms with Gasteiger partial charge >= 0.3 is 0 Å². The van der Waals surface area contributed by atoms with Gasteiger partial charge in [-0.05, 0) is 36.9 Å². The van der Waals surface area contributed by atoms with Crippen LogP contribution < -0.4 is 11.3 Å². The molecule has 0 atom stereocenters. The summed E-state index contributed by atoms with van der Waals surface area (Å²) in [7, 11) is 0. The van der Waals surface area contributed by atoms with Crippen molar-refractivity contribution in [3.05, 3.63) is 23.9 Å². The van der Waals surface area contributed by atoms with Gasteiger partial charge in [0.2, 0.25) is 0 Å². The van der Waals surface area contributed by atoms with E-state index in [1.165, 1.54) is 24.9 Å². The summed E-state index contributed by atoms with van der Waals surface area (Å²) in [6.45, 7) is 5.54. The molecular formula is C12H20N4. The number of rotatable bonds is 6. The number of hydrogen-bond acceptors (Lipinski definition) is 4. The van der Waals surface area contributed by atoms with Gasteiger partial charge in [-0.3, -0.25) is 4.90 Å². The third-order valence-corrected chi connectivity index (χ3v) is 3.04. The monoisotopic (exact) mass is 220 g/mol. The molecule has 0 unspecified atom stereocenters. The molecule has 3 N–H and O–H groups in total. The molecule has 1 aromatic rings. The fraction of sp³-hybridized carbons (Fsp3) is 0.583. The Kier molecular flexibility index (Phi) is 3.74. The highest BCUT2D eigenvalue weighted by atomic mass is 15.2. The summed E-state index contributed by atoms with van der Waals surface area (Å²) in [5, 5.41) is 0. The fourth-order valence-electron chi connectivity index (χ4n) is 1.83. The van der Waals surface area contributed by atoms with E-state index in [2.05, 4.69) is 28.3 Å². The first-order chi connectivity index (χ1) is 7.81. The zero-order chi connectivity index (χ0) is 11.4. The van der Waals surface area contributed by atoms with Crippen LogP contribution in [0.1, 0.15) is 25.3 Å². The lowest BCUT2D eigenvalue weighted by Gasteiger charge is -2.20. The van der Waals surface area contributed by atoms with Gasteiger partial charge in [0.1, 0.15) is 5.82 Å². The Morgan fingerprint density at radius 3 is 2.81 bits per heavy atom. The summed E-state index contributed by atoms with van der Waals surface area (Å²) in [6, 6.07) is 4.00. The maximum atomic E-state index is 5.28. The molecule has 0 radical (unpaired) electrons. The summed E-state index contributed by atoms with van der Waals surface area (Å²) in [4.78, 5) is 6.69.